The van der Waals surface area contributed by atoms with Gasteiger partial charge in [0.05, 0.1) is 0 Å². The van der Waals surface area contributed by atoms with E-state index < -0.39 is 0 Å². The number of hydrogen-bond donors (Lipinski definition) is 0. The van der Waals surface area contributed by atoms with Crippen molar-refractivity contribution < 1.29 is 0 Å². The standard InChI is InChI=1S/C4H6/c1-2-4-3-1/h1,4H,2-3H2. The third-order valence-electron chi connectivity index (χ3n) is 0.667. The van der Waals surface area contributed by atoms with Crippen molar-refractivity contribution in [1.29, 1.82) is 0 Å². The highest BCUT2D eigenvalue weighted by Gasteiger charge is 1.93. The van der Waals surface area contributed by atoms with Crippen LogP contribution in [0.15, 0.2) is 0 Å². The van der Waals surface area contributed by atoms with Crippen LogP contribution in [0.2, 0.25) is 0 Å². The van der Waals surface area contributed by atoms with Gasteiger partial charge in [-0.15, -0.1) is 0 Å². The Hall–Kier alpha value is -0.130. The third kappa shape index (κ3) is 0.0945. The first-order valence-corrected chi connectivity index (χ1v) is 1.63. The lowest BCUT2D eigenvalue weighted by atomic mass is 10.0. The van der Waals surface area contributed by atoms with Gasteiger partial charge < -0.3 is 0 Å². The highest BCUT2D eigenvalue weighted by atomic mass is 14.0. The van der Waals surface area contributed by atoms with Gasteiger partial charge >= 0.3 is 0 Å². The van der Waals surface area contributed by atoms with E-state index in [1.54, 1.807) is 0 Å². The molecule has 0 heteroatoms. The van der Waals surface area contributed by atoms with Crippen molar-refractivity contribution in [2.45, 2.75) is 12.8 Å². The molecule has 1 fully saturated rings. The quantitative estimate of drug-likeness (QED) is 0.364. The van der Waals surface area contributed by atoms with Gasteiger partial charge in [0.15, 0.2) is 0 Å². The average molecular weight is 54.1 g/mol. The molecule has 0 aliphatic heterocycles. The van der Waals surface area contributed by atoms with Gasteiger partial charge in [-0.1, -0.05) is 0 Å². The molecule has 0 nitrogen and oxygen atoms in total. The molecule has 0 unspecified atom stereocenters. The maximum absolute atomic E-state index is 2.25. The minimum atomic E-state index is 1.25. The molecule has 0 atom stereocenters. The summed E-state index contributed by atoms with van der Waals surface area (Å²) in [7, 11) is 0. The van der Waals surface area contributed by atoms with E-state index in [9.17, 15) is 0 Å². The summed E-state index contributed by atoms with van der Waals surface area (Å²) in [5.41, 5.74) is 0. The first kappa shape index (κ1) is 2.13. The molecule has 0 spiro atoms. The Balaban J connectivity index is 2.00. The van der Waals surface area contributed by atoms with E-state index in [4.69, 9.17) is 0 Å². The van der Waals surface area contributed by atoms with Crippen LogP contribution in [0.3, 0.4) is 0 Å². The first-order valence-electron chi connectivity index (χ1n) is 1.63. The second-order valence-corrected chi connectivity index (χ2v) is 1.05. The van der Waals surface area contributed by atoms with Gasteiger partial charge in [0.1, 0.15) is 0 Å². The summed E-state index contributed by atoms with van der Waals surface area (Å²) in [4.78, 5) is 0. The maximum Gasteiger partial charge on any atom is 0.0145 e. The highest BCUT2D eigenvalue weighted by Crippen LogP contribution is 2.11. The molecule has 0 saturated heterocycles. The van der Waals surface area contributed by atoms with Crippen molar-refractivity contribution in [2.24, 2.45) is 0 Å². The minimum absolute atomic E-state index is 1.25. The maximum atomic E-state index is 2.25. The van der Waals surface area contributed by atoms with E-state index in [-0.39, 0.29) is 0 Å². The summed E-state index contributed by atoms with van der Waals surface area (Å²) in [5, 5.41) is 0. The third-order valence-corrected chi connectivity index (χ3v) is 0.667. The zero-order valence-corrected chi connectivity index (χ0v) is 2.57. The number of hydrogen-bond acceptors (Lipinski definition) is 0. The van der Waals surface area contributed by atoms with Crippen LogP contribution in [-0.4, -0.2) is 0 Å². The fraction of sp³-hybridized carbons (Fsp3) is 0.500. The Bertz CT molecular complexity index is 8.00. The van der Waals surface area contributed by atoms with Crippen molar-refractivity contribution in [3.63, 3.8) is 0 Å². The van der Waals surface area contributed by atoms with Crippen LogP contribution < -0.4 is 0 Å². The summed E-state index contributed by atoms with van der Waals surface area (Å²) >= 11 is 0. The average Bonchev–Trinajstić information content (AvgIpc) is 0.722. The minimum Gasteiger partial charge on any atom is -0.241 e. The van der Waals surface area contributed by atoms with Crippen LogP contribution in [0.5, 0.6) is 0 Å². The molecule has 0 amide bonds. The molecule has 0 N–H and O–H groups in total. The van der Waals surface area contributed by atoms with Gasteiger partial charge in [0.2, 0.25) is 0 Å². The van der Waals surface area contributed by atoms with Crippen molar-refractivity contribution >= 4 is 0 Å². The Kier molecular flexibility index (Phi) is 0.357. The molecule has 0 bridgehead atoms. The van der Waals surface area contributed by atoms with Gasteiger partial charge in [-0.2, -0.15) is 0 Å². The largest absolute Gasteiger partial charge is 0.241 e. The molecule has 0 aromatic heterocycles. The van der Waals surface area contributed by atoms with Crippen LogP contribution in [-0.2, 0) is 0 Å². The second kappa shape index (κ2) is 0.670. The lowest BCUT2D eigenvalue weighted by molar-refractivity contribution is 0.840. The normalized spacial score (nSPS) is 22.0. The van der Waals surface area contributed by atoms with Crippen molar-refractivity contribution in [3.8, 4) is 0 Å². The van der Waals surface area contributed by atoms with Crippen LogP contribution in [0.25, 0.3) is 0 Å². The highest BCUT2D eigenvalue weighted by molar-refractivity contribution is 4.91. The van der Waals surface area contributed by atoms with Gasteiger partial charge in [-0.25, -0.2) is 6.42 Å². The van der Waals surface area contributed by atoms with Crippen LogP contribution >= 0.6 is 0 Å². The molecule has 4 heavy (non-hydrogen) atoms. The smallest absolute Gasteiger partial charge is 0.0145 e. The summed E-state index contributed by atoms with van der Waals surface area (Å²) in [6, 6.07) is 0. The molecule has 1 saturated carbocycles. The first-order chi connectivity index (χ1) is 2.00. The van der Waals surface area contributed by atoms with Gasteiger partial charge in [-0.3, -0.25) is 0 Å². The monoisotopic (exact) mass is 54.0 g/mol. The molecule has 0 heterocycles. The molecule has 1 aliphatic rings. The van der Waals surface area contributed by atoms with Crippen LogP contribution in [0, 0.1) is 12.8 Å². The summed E-state index contributed by atoms with van der Waals surface area (Å²) in [6.07, 6.45) is 7.00. The van der Waals surface area contributed by atoms with E-state index in [0.717, 1.165) is 0 Å². The van der Waals surface area contributed by atoms with Crippen molar-refractivity contribution in [2.75, 3.05) is 0 Å². The van der Waals surface area contributed by atoms with Crippen molar-refractivity contribution in [3.05, 3.63) is 12.8 Å². The summed E-state index contributed by atoms with van der Waals surface area (Å²) < 4.78 is 0. The Morgan fingerprint density at radius 1 is 1.50 bits per heavy atom. The van der Waals surface area contributed by atoms with E-state index in [0.29, 0.717) is 0 Å². The molecule has 1 rings (SSSR count). The number of rotatable bonds is 0. The Morgan fingerprint density at radius 2 is 1.75 bits per heavy atom. The van der Waals surface area contributed by atoms with Crippen molar-refractivity contribution in [1.82, 2.24) is 0 Å². The lowest BCUT2D eigenvalue weighted by Crippen LogP contribution is -1.89. The second-order valence-electron chi connectivity index (χ2n) is 1.05. The predicted octanol–water partition coefficient (Wildman–Crippen LogP) is 1.19. The zero-order valence-electron chi connectivity index (χ0n) is 2.57. The van der Waals surface area contributed by atoms with Crippen LogP contribution in [0.4, 0.5) is 0 Å². The molecular formula is C4H6. The molecule has 22 valence electrons. The Labute approximate surface area is 26.8 Å². The zero-order chi connectivity index (χ0) is 2.83. The molecular weight excluding hydrogens is 48.0 g/mol. The lowest BCUT2D eigenvalue weighted by Gasteiger charge is -2.08. The molecule has 0 aromatic rings. The molecule has 1 aliphatic carbocycles. The van der Waals surface area contributed by atoms with Crippen LogP contribution in [0.1, 0.15) is 12.8 Å². The van der Waals surface area contributed by atoms with Gasteiger partial charge in [0, 0.05) is 6.42 Å². The van der Waals surface area contributed by atoms with E-state index in [2.05, 4.69) is 12.8 Å². The molecule has 0 radical (unpaired) electrons. The summed E-state index contributed by atoms with van der Waals surface area (Å²) in [6.45, 7) is 0. The SMILES string of the molecule is [CH+]1C[CH-]C1. The fourth-order valence-corrected chi connectivity index (χ4v) is 0.167. The predicted molar refractivity (Wildman–Crippen MR) is 17.8 cm³/mol. The topological polar surface area (TPSA) is 0 Å². The van der Waals surface area contributed by atoms with E-state index in [1.807, 2.05) is 0 Å². The summed E-state index contributed by atoms with van der Waals surface area (Å²) in [5.74, 6) is 0. The van der Waals surface area contributed by atoms with E-state index in [1.165, 1.54) is 12.8 Å². The Morgan fingerprint density at radius 3 is 1.75 bits per heavy atom. The van der Waals surface area contributed by atoms with Gasteiger partial charge in [0.25, 0.3) is 0 Å². The molecule has 0 aromatic carbocycles. The van der Waals surface area contributed by atoms with E-state index >= 15 is 0 Å². The van der Waals surface area contributed by atoms with Gasteiger partial charge in [-0.05, 0) is 12.8 Å². The fourth-order valence-electron chi connectivity index (χ4n) is 0.167.